The Labute approximate surface area is 111 Å². The van der Waals surface area contributed by atoms with Gasteiger partial charge in [0.05, 0.1) is 11.4 Å². The van der Waals surface area contributed by atoms with Crippen molar-refractivity contribution in [1.82, 2.24) is 25.0 Å². The van der Waals surface area contributed by atoms with E-state index in [1.807, 2.05) is 55.9 Å². The molecular formula is C14H15N5. The number of hydrogen-bond acceptors (Lipinski definition) is 3. The van der Waals surface area contributed by atoms with Crippen molar-refractivity contribution < 1.29 is 0 Å². The van der Waals surface area contributed by atoms with Crippen molar-refractivity contribution in [2.24, 2.45) is 7.05 Å². The van der Waals surface area contributed by atoms with Gasteiger partial charge in [-0.25, -0.2) is 4.98 Å². The Kier molecular flexibility index (Phi) is 2.67. The van der Waals surface area contributed by atoms with Gasteiger partial charge in [-0.3, -0.25) is 9.78 Å². The fraction of sp³-hybridized carbons (Fsp3) is 0.214. The fourth-order valence-corrected chi connectivity index (χ4v) is 1.96. The Balaban J connectivity index is 2.04. The number of nitrogens with one attached hydrogen (secondary N) is 1. The zero-order valence-electron chi connectivity index (χ0n) is 11.2. The third kappa shape index (κ3) is 2.14. The molecule has 5 nitrogen and oxygen atoms in total. The van der Waals surface area contributed by atoms with Gasteiger partial charge in [0.25, 0.3) is 0 Å². The van der Waals surface area contributed by atoms with Gasteiger partial charge in [0, 0.05) is 18.4 Å². The molecule has 0 aromatic carbocycles. The molecule has 0 spiro atoms. The summed E-state index contributed by atoms with van der Waals surface area (Å²) < 4.78 is 1.85. The smallest absolute Gasteiger partial charge is 0.111 e. The van der Waals surface area contributed by atoms with Gasteiger partial charge in [-0.1, -0.05) is 6.07 Å². The molecule has 3 heterocycles. The lowest BCUT2D eigenvalue weighted by atomic mass is 10.2. The van der Waals surface area contributed by atoms with E-state index in [2.05, 4.69) is 20.3 Å². The fourth-order valence-electron chi connectivity index (χ4n) is 1.96. The number of aromatic amines is 1. The molecule has 1 N–H and O–H groups in total. The lowest BCUT2D eigenvalue weighted by Gasteiger charge is -1.99. The molecule has 0 unspecified atom stereocenters. The molecule has 5 heteroatoms. The summed E-state index contributed by atoms with van der Waals surface area (Å²) in [4.78, 5) is 4.62. The van der Waals surface area contributed by atoms with Crippen LogP contribution in [0.5, 0.6) is 0 Å². The quantitative estimate of drug-likeness (QED) is 0.763. The number of nitrogens with zero attached hydrogens (tertiary/aromatic N) is 4. The van der Waals surface area contributed by atoms with E-state index in [1.54, 1.807) is 0 Å². The highest BCUT2D eigenvalue weighted by atomic mass is 15.3. The van der Waals surface area contributed by atoms with E-state index in [0.29, 0.717) is 0 Å². The minimum Gasteiger partial charge on any atom is -0.282 e. The normalized spacial score (nSPS) is 10.9. The van der Waals surface area contributed by atoms with E-state index < -0.39 is 0 Å². The molecule has 96 valence electrons. The molecule has 0 radical (unpaired) electrons. The summed E-state index contributed by atoms with van der Waals surface area (Å²) in [6.45, 7) is 4.00. The highest BCUT2D eigenvalue weighted by Crippen LogP contribution is 2.21. The summed E-state index contributed by atoms with van der Waals surface area (Å²) in [5.74, 6) is 0. The van der Waals surface area contributed by atoms with E-state index in [0.717, 1.165) is 34.2 Å². The van der Waals surface area contributed by atoms with Crippen molar-refractivity contribution in [3.63, 3.8) is 0 Å². The Morgan fingerprint density at radius 3 is 2.32 bits per heavy atom. The predicted molar refractivity (Wildman–Crippen MR) is 73.5 cm³/mol. The van der Waals surface area contributed by atoms with Crippen LogP contribution in [0, 0.1) is 13.8 Å². The van der Waals surface area contributed by atoms with Gasteiger partial charge in [-0.05, 0) is 38.1 Å². The zero-order valence-corrected chi connectivity index (χ0v) is 11.2. The third-order valence-electron chi connectivity index (χ3n) is 3.09. The second-order valence-electron chi connectivity index (χ2n) is 4.64. The van der Waals surface area contributed by atoms with Crippen LogP contribution >= 0.6 is 0 Å². The molecule has 0 aliphatic carbocycles. The molecule has 0 saturated carbocycles. The molecule has 19 heavy (non-hydrogen) atoms. The SMILES string of the molecule is Cc1cc(-c2cccc(-c3cc(C)n(C)n3)n2)n[nH]1. The van der Waals surface area contributed by atoms with Crippen LogP contribution in [-0.4, -0.2) is 25.0 Å². The summed E-state index contributed by atoms with van der Waals surface area (Å²) in [7, 11) is 1.93. The van der Waals surface area contributed by atoms with E-state index in [-0.39, 0.29) is 0 Å². The molecule has 0 aliphatic rings. The summed E-state index contributed by atoms with van der Waals surface area (Å²) >= 11 is 0. The van der Waals surface area contributed by atoms with Crippen LogP contribution in [0.3, 0.4) is 0 Å². The minimum absolute atomic E-state index is 0.852. The number of aromatic nitrogens is 5. The topological polar surface area (TPSA) is 59.4 Å². The van der Waals surface area contributed by atoms with Crippen molar-refractivity contribution >= 4 is 0 Å². The maximum absolute atomic E-state index is 4.62. The number of H-pyrrole nitrogens is 1. The number of hydrogen-bond donors (Lipinski definition) is 1. The molecule has 0 saturated heterocycles. The molecule has 0 amide bonds. The Bertz CT molecular complexity index is 704. The lowest BCUT2D eigenvalue weighted by Crippen LogP contribution is -1.93. The van der Waals surface area contributed by atoms with Gasteiger partial charge < -0.3 is 0 Å². The average molecular weight is 253 g/mol. The maximum atomic E-state index is 4.62. The van der Waals surface area contributed by atoms with Crippen LogP contribution in [0.2, 0.25) is 0 Å². The van der Waals surface area contributed by atoms with Crippen molar-refractivity contribution in [2.75, 3.05) is 0 Å². The summed E-state index contributed by atoms with van der Waals surface area (Å²) in [5.41, 5.74) is 5.59. The monoisotopic (exact) mass is 253 g/mol. The van der Waals surface area contributed by atoms with Crippen LogP contribution in [-0.2, 0) is 7.05 Å². The Morgan fingerprint density at radius 2 is 1.74 bits per heavy atom. The summed E-state index contributed by atoms with van der Waals surface area (Å²) in [6.07, 6.45) is 0. The molecule has 3 aromatic rings. The maximum Gasteiger partial charge on any atom is 0.111 e. The van der Waals surface area contributed by atoms with Crippen molar-refractivity contribution in [3.8, 4) is 22.8 Å². The Hall–Kier alpha value is -2.43. The zero-order chi connectivity index (χ0) is 13.4. The van der Waals surface area contributed by atoms with Gasteiger partial charge in [-0.2, -0.15) is 10.2 Å². The molecule has 0 atom stereocenters. The first kappa shape index (κ1) is 11.6. The first-order chi connectivity index (χ1) is 9.13. The third-order valence-corrected chi connectivity index (χ3v) is 3.09. The van der Waals surface area contributed by atoms with Crippen LogP contribution < -0.4 is 0 Å². The predicted octanol–water partition coefficient (Wildman–Crippen LogP) is 2.49. The second-order valence-corrected chi connectivity index (χ2v) is 4.64. The molecule has 3 aromatic heterocycles. The molecule has 3 rings (SSSR count). The first-order valence-corrected chi connectivity index (χ1v) is 6.14. The molecule has 0 fully saturated rings. The molecular weight excluding hydrogens is 238 g/mol. The van der Waals surface area contributed by atoms with E-state index >= 15 is 0 Å². The lowest BCUT2D eigenvalue weighted by molar-refractivity contribution is 0.742. The standard InChI is InChI=1S/C14H15N5/c1-9-7-13(17-16-9)11-5-4-6-12(15-11)14-8-10(2)19(3)18-14/h4-8H,1-3H3,(H,16,17). The average Bonchev–Trinajstić information content (AvgIpc) is 2.97. The van der Waals surface area contributed by atoms with Crippen LogP contribution in [0.25, 0.3) is 22.8 Å². The number of rotatable bonds is 2. The Morgan fingerprint density at radius 1 is 1.00 bits per heavy atom. The van der Waals surface area contributed by atoms with Crippen molar-refractivity contribution in [3.05, 3.63) is 41.7 Å². The van der Waals surface area contributed by atoms with Crippen LogP contribution in [0.1, 0.15) is 11.4 Å². The molecule has 0 bridgehead atoms. The van der Waals surface area contributed by atoms with Gasteiger partial charge in [-0.15, -0.1) is 0 Å². The van der Waals surface area contributed by atoms with Crippen molar-refractivity contribution in [1.29, 1.82) is 0 Å². The summed E-state index contributed by atoms with van der Waals surface area (Å²) in [5, 5.41) is 11.6. The van der Waals surface area contributed by atoms with E-state index in [4.69, 9.17) is 0 Å². The van der Waals surface area contributed by atoms with Crippen molar-refractivity contribution in [2.45, 2.75) is 13.8 Å². The van der Waals surface area contributed by atoms with Gasteiger partial charge in [0.2, 0.25) is 0 Å². The second kappa shape index (κ2) is 4.35. The number of pyridine rings is 1. The van der Waals surface area contributed by atoms with Crippen LogP contribution in [0.15, 0.2) is 30.3 Å². The van der Waals surface area contributed by atoms with Gasteiger partial charge in [0.15, 0.2) is 0 Å². The van der Waals surface area contributed by atoms with E-state index in [9.17, 15) is 0 Å². The van der Waals surface area contributed by atoms with Gasteiger partial charge >= 0.3 is 0 Å². The largest absolute Gasteiger partial charge is 0.282 e. The van der Waals surface area contributed by atoms with Crippen LogP contribution in [0.4, 0.5) is 0 Å². The van der Waals surface area contributed by atoms with E-state index in [1.165, 1.54) is 0 Å². The first-order valence-electron chi connectivity index (χ1n) is 6.14. The number of aryl methyl sites for hydroxylation is 3. The molecule has 0 aliphatic heterocycles. The summed E-state index contributed by atoms with van der Waals surface area (Å²) in [6, 6.07) is 9.91. The highest BCUT2D eigenvalue weighted by molar-refractivity contribution is 5.61. The highest BCUT2D eigenvalue weighted by Gasteiger charge is 2.08. The van der Waals surface area contributed by atoms with Gasteiger partial charge in [0.1, 0.15) is 11.4 Å². The minimum atomic E-state index is 0.852.